The van der Waals surface area contributed by atoms with Gasteiger partial charge in [-0.15, -0.1) is 0 Å². The lowest BCUT2D eigenvalue weighted by atomic mass is 9.84. The molecule has 0 atom stereocenters. The van der Waals surface area contributed by atoms with Crippen LogP contribution in [0.1, 0.15) is 21.9 Å². The molecule has 238 valence electrons. The van der Waals surface area contributed by atoms with Crippen LogP contribution in [0.5, 0.6) is 0 Å². The zero-order chi connectivity index (χ0) is 47.7. The zero-order valence-electron chi connectivity index (χ0n) is 42.6. The van der Waals surface area contributed by atoms with E-state index in [9.17, 15) is 5.48 Å². The first kappa shape index (κ1) is 17.3. The van der Waals surface area contributed by atoms with Crippen molar-refractivity contribution < 1.29 is 26.3 Å². The monoisotopic (exact) mass is 664 g/mol. The number of fused-ring (bicyclic) bond motifs is 5. The van der Waals surface area contributed by atoms with E-state index in [0.717, 1.165) is 33.0 Å². The van der Waals surface area contributed by atoms with Crippen LogP contribution in [0.4, 0.5) is 0 Å². The molecule has 0 saturated heterocycles. The summed E-state index contributed by atoms with van der Waals surface area (Å²) in [7, 11) is 0. The fourth-order valence-corrected chi connectivity index (χ4v) is 6.90. The molecule has 1 nitrogen and oxygen atoms in total. The predicted octanol–water partition coefficient (Wildman–Crippen LogP) is 14.2. The van der Waals surface area contributed by atoms with Crippen LogP contribution in [-0.4, -0.2) is 0 Å². The summed E-state index contributed by atoms with van der Waals surface area (Å²) in [5, 5.41) is 2.82. The number of furan rings is 1. The molecular formula is C50H32O. The molecule has 9 aromatic carbocycles. The summed E-state index contributed by atoms with van der Waals surface area (Å²) in [6.07, 6.45) is 0. The maximum absolute atomic E-state index is 9.48. The summed E-state index contributed by atoms with van der Waals surface area (Å²) in [5.74, 6) is 0. The molecule has 0 spiro atoms. The van der Waals surface area contributed by atoms with E-state index in [2.05, 4.69) is 0 Å². The van der Waals surface area contributed by atoms with Crippen LogP contribution in [0, 0.1) is 0 Å². The third-order valence-electron chi connectivity index (χ3n) is 9.18. The molecule has 10 rings (SSSR count). The van der Waals surface area contributed by atoms with Crippen molar-refractivity contribution in [3.63, 3.8) is 0 Å². The smallest absolute Gasteiger partial charge is 0.136 e. The summed E-state index contributed by atoms with van der Waals surface area (Å²) < 4.78 is 144. The van der Waals surface area contributed by atoms with Crippen molar-refractivity contribution >= 4 is 43.5 Å². The highest BCUT2D eigenvalue weighted by Gasteiger charge is 2.20. The van der Waals surface area contributed by atoms with Crippen LogP contribution in [-0.2, 0) is 0 Å². The van der Waals surface area contributed by atoms with Crippen molar-refractivity contribution in [2.45, 2.75) is 0 Å². The third-order valence-corrected chi connectivity index (χ3v) is 9.18. The van der Waals surface area contributed by atoms with Gasteiger partial charge in [-0.3, -0.25) is 0 Å². The van der Waals surface area contributed by atoms with Crippen LogP contribution in [0.3, 0.4) is 0 Å². The van der Waals surface area contributed by atoms with Crippen molar-refractivity contribution in [3.8, 4) is 55.6 Å². The van der Waals surface area contributed by atoms with E-state index in [1.807, 2.05) is 84.9 Å². The first-order valence-corrected chi connectivity index (χ1v) is 16.2. The van der Waals surface area contributed by atoms with Crippen LogP contribution >= 0.6 is 0 Å². The molecule has 0 bridgehead atoms. The lowest BCUT2D eigenvalue weighted by Crippen LogP contribution is -1.91. The van der Waals surface area contributed by atoms with Crippen LogP contribution in [0.2, 0.25) is 0 Å². The number of hydrogen-bond acceptors (Lipinski definition) is 1. The Labute approximate surface area is 319 Å². The summed E-state index contributed by atoms with van der Waals surface area (Å²) in [6.45, 7) is 0. The van der Waals surface area contributed by atoms with Gasteiger partial charge in [0.15, 0.2) is 0 Å². The summed E-state index contributed by atoms with van der Waals surface area (Å²) in [6, 6.07) is 21.9. The fourth-order valence-electron chi connectivity index (χ4n) is 6.90. The largest absolute Gasteiger partial charge is 0.456 e. The molecule has 1 aromatic heterocycles. The molecule has 1 heteroatoms. The Morgan fingerprint density at radius 1 is 0.333 bits per heavy atom. The van der Waals surface area contributed by atoms with Crippen molar-refractivity contribution in [1.82, 2.24) is 0 Å². The Balaban J connectivity index is 1.18. The summed E-state index contributed by atoms with van der Waals surface area (Å²) >= 11 is 0. The second-order valence-corrected chi connectivity index (χ2v) is 12.0. The number of hydrogen-bond donors (Lipinski definition) is 0. The minimum Gasteiger partial charge on any atom is -0.456 e. The molecule has 0 saturated carbocycles. The Morgan fingerprint density at radius 2 is 0.824 bits per heavy atom. The Hall–Kier alpha value is -6.70. The highest BCUT2D eigenvalue weighted by molar-refractivity contribution is 6.25. The van der Waals surface area contributed by atoms with Gasteiger partial charge in [-0.05, 0) is 95.3 Å². The number of rotatable bonds is 5. The van der Waals surface area contributed by atoms with Crippen LogP contribution < -0.4 is 0 Å². The summed E-state index contributed by atoms with van der Waals surface area (Å²) in [4.78, 5) is 0. The quantitative estimate of drug-likeness (QED) is 0.167. The average molecular weight is 665 g/mol. The van der Waals surface area contributed by atoms with Crippen molar-refractivity contribution in [2.24, 2.45) is 0 Å². The van der Waals surface area contributed by atoms with E-state index in [-0.39, 0.29) is 51.2 Å². The van der Waals surface area contributed by atoms with Gasteiger partial charge in [0.2, 0.25) is 0 Å². The lowest BCUT2D eigenvalue weighted by Gasteiger charge is -2.18. The van der Waals surface area contributed by atoms with Gasteiger partial charge in [-0.1, -0.05) is 176 Å². The molecule has 51 heavy (non-hydrogen) atoms. The van der Waals surface area contributed by atoms with E-state index >= 15 is 0 Å². The first-order valence-electron chi connectivity index (χ1n) is 24.2. The third kappa shape index (κ3) is 4.94. The van der Waals surface area contributed by atoms with Gasteiger partial charge >= 0.3 is 0 Å². The van der Waals surface area contributed by atoms with E-state index < -0.39 is 89.7 Å². The molecule has 0 N–H and O–H groups in total. The van der Waals surface area contributed by atoms with Crippen LogP contribution in [0.15, 0.2) is 198 Å². The fraction of sp³-hybridized carbons (Fsp3) is 0. The Bertz CT molecular complexity index is 3690. The maximum Gasteiger partial charge on any atom is 0.136 e. The molecule has 1 heterocycles. The Morgan fingerprint density at radius 3 is 1.39 bits per heavy atom. The molecular weight excluding hydrogens is 617 g/mol. The molecule has 0 aliphatic carbocycles. The summed E-state index contributed by atoms with van der Waals surface area (Å²) in [5.41, 5.74) is 3.24. The topological polar surface area (TPSA) is 13.1 Å². The molecule has 10 aromatic rings. The molecule has 0 aliphatic rings. The van der Waals surface area contributed by atoms with E-state index in [1.165, 1.54) is 0 Å². The minimum absolute atomic E-state index is 0.0607. The lowest BCUT2D eigenvalue weighted by molar-refractivity contribution is 0.669. The second kappa shape index (κ2) is 12.0. The van der Waals surface area contributed by atoms with Gasteiger partial charge < -0.3 is 4.42 Å². The Kier molecular flexibility index (Phi) is 4.07. The van der Waals surface area contributed by atoms with Gasteiger partial charge in [-0.2, -0.15) is 0 Å². The highest BCUT2D eigenvalue weighted by Crippen LogP contribution is 2.47. The highest BCUT2D eigenvalue weighted by atomic mass is 16.3. The first-order chi connectivity index (χ1) is 32.0. The minimum atomic E-state index is -0.680. The standard InChI is InChI=1S/C50H32O/c1-3-12-33(13-4-1)35-22-24-36(25-23-35)37-26-28-38(29-27-37)48-40-16-7-9-18-42(40)49(43-19-10-8-17-41(43)48)45-20-11-21-46-50(45)44-31-30-39(32-47(44)51-46)34-14-5-2-6-15-34/h1-32H/i1D,2D,3D,4D,5D,6D,11D,12D,13D,14D,15D,20D,21D,30D,31D,32D. The van der Waals surface area contributed by atoms with E-state index in [4.69, 9.17) is 20.9 Å². The predicted molar refractivity (Wildman–Crippen MR) is 216 cm³/mol. The molecule has 0 radical (unpaired) electrons. The van der Waals surface area contributed by atoms with E-state index in [1.54, 1.807) is 12.1 Å². The van der Waals surface area contributed by atoms with E-state index in [0.29, 0.717) is 21.9 Å². The maximum atomic E-state index is 9.48. The van der Waals surface area contributed by atoms with Gasteiger partial charge in [0, 0.05) is 10.8 Å². The molecule has 0 aliphatic heterocycles. The van der Waals surface area contributed by atoms with Gasteiger partial charge in [0.1, 0.15) is 11.2 Å². The molecule has 0 fully saturated rings. The van der Waals surface area contributed by atoms with Crippen LogP contribution in [0.25, 0.3) is 99.1 Å². The van der Waals surface area contributed by atoms with Gasteiger partial charge in [-0.25, -0.2) is 0 Å². The molecule has 0 unspecified atom stereocenters. The van der Waals surface area contributed by atoms with Crippen molar-refractivity contribution in [2.75, 3.05) is 0 Å². The van der Waals surface area contributed by atoms with Gasteiger partial charge in [0.05, 0.1) is 21.9 Å². The number of benzene rings is 9. The van der Waals surface area contributed by atoms with Crippen molar-refractivity contribution in [3.05, 3.63) is 194 Å². The normalized spacial score (nSPS) is 15.9. The zero-order valence-corrected chi connectivity index (χ0v) is 26.6. The van der Waals surface area contributed by atoms with Crippen molar-refractivity contribution in [1.29, 1.82) is 0 Å². The second-order valence-electron chi connectivity index (χ2n) is 12.0. The van der Waals surface area contributed by atoms with Gasteiger partial charge in [0.25, 0.3) is 0 Å². The average Bonchev–Trinajstić information content (AvgIpc) is 3.74. The SMILES string of the molecule is [2H]c1c([2H])c([2H])c(-c2ccc(-c3ccc(-c4c5ccccc5c(-c5c([2H])c([2H])c([2H])c6oc7c([2H])c(-c8c([2H])c([2H])c([2H])c([2H])c8[2H])c([2H])c([2H])c7c56)c5ccccc45)cc3)cc2)c([2H])c1[2H]. The molecule has 0 amide bonds.